The highest BCUT2D eigenvalue weighted by Crippen LogP contribution is 2.38. The van der Waals surface area contributed by atoms with Crippen molar-refractivity contribution in [2.75, 3.05) is 11.9 Å². The molecule has 1 amide bonds. The number of amides is 1. The maximum Gasteiger partial charge on any atom is 0.416 e. The van der Waals surface area contributed by atoms with Gasteiger partial charge >= 0.3 is 6.18 Å². The first kappa shape index (κ1) is 21.1. The zero-order valence-corrected chi connectivity index (χ0v) is 17.1. The number of benzene rings is 1. The average molecular weight is 432 g/mol. The van der Waals surface area contributed by atoms with Crippen molar-refractivity contribution in [2.45, 2.75) is 51.9 Å². The first-order chi connectivity index (χ1) is 13.2. The molecule has 152 valence electrons. The first-order valence-corrected chi connectivity index (χ1v) is 10.3. The molecule has 0 saturated carbocycles. The van der Waals surface area contributed by atoms with E-state index in [0.29, 0.717) is 29.0 Å². The van der Waals surface area contributed by atoms with Gasteiger partial charge in [0.2, 0.25) is 5.91 Å². The van der Waals surface area contributed by atoms with Crippen LogP contribution in [0.2, 0.25) is 5.02 Å². The molecule has 1 aromatic heterocycles. The Morgan fingerprint density at radius 2 is 2.14 bits per heavy atom. The second kappa shape index (κ2) is 8.39. The zero-order valence-electron chi connectivity index (χ0n) is 15.6. The fraction of sp³-hybridized carbons (Fsp3) is 0.474. The van der Waals surface area contributed by atoms with Gasteiger partial charge < -0.3 is 5.32 Å². The number of thiazole rings is 1. The van der Waals surface area contributed by atoms with E-state index in [2.05, 4.69) is 22.1 Å². The third-order valence-electron chi connectivity index (χ3n) is 4.80. The Bertz CT molecular complexity index is 869. The fourth-order valence-electron chi connectivity index (χ4n) is 3.53. The molecule has 1 aliphatic heterocycles. The summed E-state index contributed by atoms with van der Waals surface area (Å²) in [5.41, 5.74) is -0.0824. The van der Waals surface area contributed by atoms with Gasteiger partial charge in [0.1, 0.15) is 0 Å². The Labute approximate surface area is 170 Å². The summed E-state index contributed by atoms with van der Waals surface area (Å²) in [4.78, 5) is 19.0. The number of nitrogens with zero attached hydrogens (tertiary/aromatic N) is 2. The molecule has 0 bridgehead atoms. The van der Waals surface area contributed by atoms with Crippen molar-refractivity contribution in [1.29, 1.82) is 0 Å². The Morgan fingerprint density at radius 1 is 1.39 bits per heavy atom. The molecule has 1 N–H and O–H groups in total. The Morgan fingerprint density at radius 3 is 2.79 bits per heavy atom. The monoisotopic (exact) mass is 431 g/mol. The summed E-state index contributed by atoms with van der Waals surface area (Å²) >= 11 is 7.25. The van der Waals surface area contributed by atoms with E-state index in [1.165, 1.54) is 24.3 Å². The van der Waals surface area contributed by atoms with E-state index < -0.39 is 11.7 Å². The van der Waals surface area contributed by atoms with Gasteiger partial charge in [0.15, 0.2) is 5.13 Å². The van der Waals surface area contributed by atoms with Crippen LogP contribution in [0.3, 0.4) is 0 Å². The molecular weight excluding hydrogens is 411 g/mol. The maximum absolute atomic E-state index is 13.2. The molecular formula is C19H21ClF3N3OS. The van der Waals surface area contributed by atoms with Gasteiger partial charge in [0, 0.05) is 35.0 Å². The molecule has 1 aliphatic rings. The minimum atomic E-state index is -4.50. The lowest BCUT2D eigenvalue weighted by atomic mass is 10.1. The molecule has 1 atom stereocenters. The fourth-order valence-corrected chi connectivity index (χ4v) is 4.82. The summed E-state index contributed by atoms with van der Waals surface area (Å²) < 4.78 is 39.7. The molecule has 2 heterocycles. The quantitative estimate of drug-likeness (QED) is 0.649. The molecule has 3 rings (SSSR count). The van der Waals surface area contributed by atoms with E-state index in [1.54, 1.807) is 0 Å². The van der Waals surface area contributed by atoms with Gasteiger partial charge in [-0.05, 0) is 44.0 Å². The van der Waals surface area contributed by atoms with Gasteiger partial charge in [-0.25, -0.2) is 4.98 Å². The van der Waals surface area contributed by atoms with Crippen LogP contribution in [-0.4, -0.2) is 28.4 Å². The van der Waals surface area contributed by atoms with E-state index >= 15 is 0 Å². The van der Waals surface area contributed by atoms with Crippen molar-refractivity contribution >= 4 is 34.0 Å². The lowest BCUT2D eigenvalue weighted by molar-refractivity contribution is -0.137. The number of likely N-dealkylation sites (tertiary alicyclic amines) is 1. The molecule has 1 aromatic carbocycles. The number of carbonyl (C=O) groups is 1. The van der Waals surface area contributed by atoms with E-state index in [-0.39, 0.29) is 10.9 Å². The van der Waals surface area contributed by atoms with E-state index in [4.69, 9.17) is 11.6 Å². The molecule has 1 fully saturated rings. The number of halogens is 4. The zero-order chi connectivity index (χ0) is 20.5. The van der Waals surface area contributed by atoms with E-state index in [0.717, 1.165) is 42.8 Å². The largest absolute Gasteiger partial charge is 0.416 e. The van der Waals surface area contributed by atoms with Gasteiger partial charge in [-0.3, -0.25) is 9.69 Å². The minimum absolute atomic E-state index is 0.00235. The average Bonchev–Trinajstić information content (AvgIpc) is 3.20. The predicted octanol–water partition coefficient (Wildman–Crippen LogP) is 5.82. The normalized spacial score (nSPS) is 17.9. The highest BCUT2D eigenvalue weighted by Gasteiger charge is 2.32. The van der Waals surface area contributed by atoms with Crippen LogP contribution >= 0.6 is 22.9 Å². The van der Waals surface area contributed by atoms with Crippen LogP contribution in [0, 0.1) is 0 Å². The third-order valence-corrected chi connectivity index (χ3v) is 5.97. The number of carbonyl (C=O) groups excluding carboxylic acids is 1. The van der Waals surface area contributed by atoms with Crippen molar-refractivity contribution < 1.29 is 18.0 Å². The lowest BCUT2D eigenvalue weighted by Crippen LogP contribution is -2.28. The van der Waals surface area contributed by atoms with Crippen LogP contribution in [0.4, 0.5) is 18.3 Å². The topological polar surface area (TPSA) is 45.2 Å². The summed E-state index contributed by atoms with van der Waals surface area (Å²) in [6.07, 6.45) is -1.28. The molecule has 28 heavy (non-hydrogen) atoms. The standard InChI is InChI=1S/C19H21ClF3N3OS/c1-3-15-5-4-6-26(15)10-16-17(25-18(28-16)24-11(2)27)12-7-13(19(21,22)23)9-14(20)8-12/h7-9,15H,3-6,10H2,1-2H3,(H,24,25,27)/t15-/m1/s1. The van der Waals surface area contributed by atoms with Crippen LogP contribution in [-0.2, 0) is 17.5 Å². The Hall–Kier alpha value is -1.64. The summed E-state index contributed by atoms with van der Waals surface area (Å²) in [7, 11) is 0. The predicted molar refractivity (Wildman–Crippen MR) is 106 cm³/mol. The molecule has 0 spiro atoms. The van der Waals surface area contributed by atoms with Crippen molar-refractivity contribution in [3.05, 3.63) is 33.7 Å². The number of alkyl halides is 3. The molecule has 2 aromatic rings. The first-order valence-electron chi connectivity index (χ1n) is 9.07. The van der Waals surface area contributed by atoms with Gasteiger partial charge in [-0.2, -0.15) is 13.2 Å². The second-order valence-corrected chi connectivity index (χ2v) is 8.39. The third kappa shape index (κ3) is 4.85. The van der Waals surface area contributed by atoms with Gasteiger partial charge in [0.05, 0.1) is 11.3 Å². The summed E-state index contributed by atoms with van der Waals surface area (Å²) in [5, 5.41) is 3.01. The smallest absolute Gasteiger partial charge is 0.302 e. The van der Waals surface area contributed by atoms with E-state index in [9.17, 15) is 18.0 Å². The molecule has 9 heteroatoms. The van der Waals surface area contributed by atoms with Crippen LogP contribution in [0.5, 0.6) is 0 Å². The van der Waals surface area contributed by atoms with Crippen molar-refractivity contribution in [1.82, 2.24) is 9.88 Å². The highest BCUT2D eigenvalue weighted by molar-refractivity contribution is 7.16. The number of aromatic nitrogens is 1. The number of rotatable bonds is 5. The van der Waals surface area contributed by atoms with Crippen molar-refractivity contribution in [2.24, 2.45) is 0 Å². The Balaban J connectivity index is 2.02. The van der Waals surface area contributed by atoms with Crippen molar-refractivity contribution in [3.8, 4) is 11.3 Å². The lowest BCUT2D eigenvalue weighted by Gasteiger charge is -2.23. The molecule has 0 aliphatic carbocycles. The summed E-state index contributed by atoms with van der Waals surface area (Å²) in [6, 6.07) is 3.89. The van der Waals surface area contributed by atoms with Crippen LogP contribution < -0.4 is 5.32 Å². The summed E-state index contributed by atoms with van der Waals surface area (Å²) in [5.74, 6) is -0.276. The SMILES string of the molecule is CC[C@@H]1CCCN1Cc1sc(NC(C)=O)nc1-c1cc(Cl)cc(C(F)(F)F)c1. The van der Waals surface area contributed by atoms with Gasteiger partial charge in [-0.1, -0.05) is 29.9 Å². The molecule has 0 unspecified atom stereocenters. The van der Waals surface area contributed by atoms with Crippen LogP contribution in [0.25, 0.3) is 11.3 Å². The second-order valence-electron chi connectivity index (χ2n) is 6.87. The highest BCUT2D eigenvalue weighted by atomic mass is 35.5. The van der Waals surface area contributed by atoms with E-state index in [1.807, 2.05) is 0 Å². The number of nitrogens with one attached hydrogen (secondary N) is 1. The summed E-state index contributed by atoms with van der Waals surface area (Å²) in [6.45, 7) is 5.02. The molecule has 0 radical (unpaired) electrons. The number of hydrogen-bond acceptors (Lipinski definition) is 4. The van der Waals surface area contributed by atoms with Gasteiger partial charge in [-0.15, -0.1) is 0 Å². The van der Waals surface area contributed by atoms with Crippen LogP contribution in [0.1, 0.15) is 43.6 Å². The molecule has 1 saturated heterocycles. The Kier molecular flexibility index (Phi) is 6.31. The number of hydrogen-bond donors (Lipinski definition) is 1. The molecule has 4 nitrogen and oxygen atoms in total. The van der Waals surface area contributed by atoms with Crippen molar-refractivity contribution in [3.63, 3.8) is 0 Å². The maximum atomic E-state index is 13.2. The van der Waals surface area contributed by atoms with Crippen LogP contribution in [0.15, 0.2) is 18.2 Å². The van der Waals surface area contributed by atoms with Gasteiger partial charge in [0.25, 0.3) is 0 Å². The number of anilines is 1. The minimum Gasteiger partial charge on any atom is -0.302 e.